The van der Waals surface area contributed by atoms with Crippen molar-refractivity contribution in [3.05, 3.63) is 35.9 Å². The van der Waals surface area contributed by atoms with Crippen molar-refractivity contribution in [3.8, 4) is 0 Å². The number of rotatable bonds is 4. The van der Waals surface area contributed by atoms with E-state index in [1.807, 2.05) is 0 Å². The van der Waals surface area contributed by atoms with Gasteiger partial charge >= 0.3 is 5.97 Å². The summed E-state index contributed by atoms with van der Waals surface area (Å²) in [7, 11) is 0. The number of nitrogens with one attached hydrogen (secondary N) is 1. The zero-order chi connectivity index (χ0) is 15.4. The third-order valence-corrected chi connectivity index (χ3v) is 3.63. The van der Waals surface area contributed by atoms with Crippen LogP contribution in [0.3, 0.4) is 0 Å². The van der Waals surface area contributed by atoms with Crippen LogP contribution in [-0.2, 0) is 14.4 Å². The lowest BCUT2D eigenvalue weighted by atomic mass is 10.1. The van der Waals surface area contributed by atoms with Crippen molar-refractivity contribution < 1.29 is 19.5 Å². The third kappa shape index (κ3) is 3.39. The smallest absolute Gasteiger partial charge is 0.330 e. The standard InChI is InChI=1S/C15H18N2O4/c1-10(18)17-9-5-8-12(17)14(19)16-13(15(20)21)11-6-3-2-4-7-11/h2-4,6-7,12-13H,5,8-9H2,1H3,(H,16,19)(H,20,21)/t12-,13+/m0/s1. The maximum Gasteiger partial charge on any atom is 0.330 e. The van der Waals surface area contributed by atoms with Crippen molar-refractivity contribution in [3.63, 3.8) is 0 Å². The van der Waals surface area contributed by atoms with Gasteiger partial charge in [0.25, 0.3) is 0 Å². The van der Waals surface area contributed by atoms with Gasteiger partial charge in [-0.15, -0.1) is 0 Å². The summed E-state index contributed by atoms with van der Waals surface area (Å²) in [5.41, 5.74) is 0.505. The molecule has 1 aromatic rings. The third-order valence-electron chi connectivity index (χ3n) is 3.63. The van der Waals surface area contributed by atoms with E-state index in [0.717, 1.165) is 6.42 Å². The van der Waals surface area contributed by atoms with E-state index in [4.69, 9.17) is 0 Å². The average Bonchev–Trinajstić information content (AvgIpc) is 2.94. The predicted octanol–water partition coefficient (Wildman–Crippen LogP) is 0.939. The van der Waals surface area contributed by atoms with E-state index in [0.29, 0.717) is 18.5 Å². The summed E-state index contributed by atoms with van der Waals surface area (Å²) in [6.07, 6.45) is 1.31. The van der Waals surface area contributed by atoms with Gasteiger partial charge in [0.1, 0.15) is 6.04 Å². The molecule has 6 nitrogen and oxygen atoms in total. The number of aliphatic carboxylic acids is 1. The molecule has 2 rings (SSSR count). The van der Waals surface area contributed by atoms with Crippen LogP contribution < -0.4 is 5.32 Å². The number of hydrogen-bond acceptors (Lipinski definition) is 3. The molecule has 0 saturated carbocycles. The van der Waals surface area contributed by atoms with Crippen molar-refractivity contribution in [2.45, 2.75) is 31.8 Å². The Balaban J connectivity index is 2.12. The second-order valence-corrected chi connectivity index (χ2v) is 5.06. The minimum Gasteiger partial charge on any atom is -0.479 e. The largest absolute Gasteiger partial charge is 0.479 e. The van der Waals surface area contributed by atoms with Crippen LogP contribution in [0, 0.1) is 0 Å². The van der Waals surface area contributed by atoms with Crippen molar-refractivity contribution in [2.75, 3.05) is 6.54 Å². The van der Waals surface area contributed by atoms with Crippen LogP contribution in [0.25, 0.3) is 0 Å². The summed E-state index contributed by atoms with van der Waals surface area (Å²) < 4.78 is 0. The van der Waals surface area contributed by atoms with Crippen LogP contribution in [-0.4, -0.2) is 40.4 Å². The van der Waals surface area contributed by atoms with Gasteiger partial charge in [-0.25, -0.2) is 4.79 Å². The fourth-order valence-electron chi connectivity index (χ4n) is 2.59. The first-order valence-corrected chi connectivity index (χ1v) is 6.86. The summed E-state index contributed by atoms with van der Waals surface area (Å²) in [5, 5.41) is 11.8. The second kappa shape index (κ2) is 6.39. The predicted molar refractivity (Wildman–Crippen MR) is 75.4 cm³/mol. The molecule has 1 heterocycles. The molecule has 0 aromatic heterocycles. The topological polar surface area (TPSA) is 86.7 Å². The lowest BCUT2D eigenvalue weighted by Crippen LogP contribution is -2.47. The van der Waals surface area contributed by atoms with Crippen LogP contribution in [0.15, 0.2) is 30.3 Å². The van der Waals surface area contributed by atoms with Gasteiger partial charge in [-0.2, -0.15) is 0 Å². The quantitative estimate of drug-likeness (QED) is 0.864. The summed E-state index contributed by atoms with van der Waals surface area (Å²) >= 11 is 0. The normalized spacial score (nSPS) is 19.1. The number of carboxylic acid groups (broad SMARTS) is 1. The molecule has 0 spiro atoms. The van der Waals surface area contributed by atoms with Crippen LogP contribution in [0.2, 0.25) is 0 Å². The highest BCUT2D eigenvalue weighted by atomic mass is 16.4. The van der Waals surface area contributed by atoms with Gasteiger partial charge in [0, 0.05) is 13.5 Å². The van der Waals surface area contributed by atoms with Crippen LogP contribution in [0.1, 0.15) is 31.4 Å². The maximum absolute atomic E-state index is 12.3. The fourth-order valence-corrected chi connectivity index (χ4v) is 2.59. The summed E-state index contributed by atoms with van der Waals surface area (Å²) in [6, 6.07) is 6.83. The number of amides is 2. The van der Waals surface area contributed by atoms with E-state index in [2.05, 4.69) is 5.32 Å². The first kappa shape index (κ1) is 15.0. The molecule has 1 fully saturated rings. The van der Waals surface area contributed by atoms with E-state index >= 15 is 0 Å². The Hall–Kier alpha value is -2.37. The molecule has 2 amide bonds. The highest BCUT2D eigenvalue weighted by Gasteiger charge is 2.34. The minimum absolute atomic E-state index is 0.167. The van der Waals surface area contributed by atoms with Gasteiger partial charge in [-0.05, 0) is 18.4 Å². The Morgan fingerprint density at radius 1 is 1.29 bits per heavy atom. The molecule has 2 N–H and O–H groups in total. The monoisotopic (exact) mass is 290 g/mol. The van der Waals surface area contributed by atoms with Gasteiger partial charge in [-0.1, -0.05) is 30.3 Å². The minimum atomic E-state index is -1.12. The molecule has 0 radical (unpaired) electrons. The van der Waals surface area contributed by atoms with Crippen molar-refractivity contribution in [1.82, 2.24) is 10.2 Å². The Kier molecular flexibility index (Phi) is 4.57. The number of carbonyl (C=O) groups is 3. The van der Waals surface area contributed by atoms with E-state index in [-0.39, 0.29) is 5.91 Å². The number of carboxylic acids is 1. The van der Waals surface area contributed by atoms with E-state index in [1.54, 1.807) is 30.3 Å². The zero-order valence-electron chi connectivity index (χ0n) is 11.8. The van der Waals surface area contributed by atoms with Crippen LogP contribution >= 0.6 is 0 Å². The van der Waals surface area contributed by atoms with E-state index < -0.39 is 24.0 Å². The number of hydrogen-bond donors (Lipinski definition) is 2. The average molecular weight is 290 g/mol. The molecule has 0 unspecified atom stereocenters. The Labute approximate surface area is 122 Å². The number of benzene rings is 1. The Morgan fingerprint density at radius 3 is 2.52 bits per heavy atom. The van der Waals surface area contributed by atoms with Crippen molar-refractivity contribution in [1.29, 1.82) is 0 Å². The molecular weight excluding hydrogens is 272 g/mol. The van der Waals surface area contributed by atoms with Gasteiger partial charge < -0.3 is 15.3 Å². The van der Waals surface area contributed by atoms with Crippen molar-refractivity contribution >= 4 is 17.8 Å². The lowest BCUT2D eigenvalue weighted by Gasteiger charge is -2.24. The Morgan fingerprint density at radius 2 is 1.95 bits per heavy atom. The SMILES string of the molecule is CC(=O)N1CCC[C@H]1C(=O)N[C@@H](C(=O)O)c1ccccc1. The zero-order valence-corrected chi connectivity index (χ0v) is 11.8. The number of carbonyl (C=O) groups excluding carboxylic acids is 2. The first-order valence-electron chi connectivity index (χ1n) is 6.86. The molecule has 1 aliphatic heterocycles. The van der Waals surface area contributed by atoms with Gasteiger partial charge in [0.2, 0.25) is 11.8 Å². The van der Waals surface area contributed by atoms with Gasteiger partial charge in [0.15, 0.2) is 6.04 Å². The van der Waals surface area contributed by atoms with Gasteiger partial charge in [0.05, 0.1) is 0 Å². The molecule has 6 heteroatoms. The number of likely N-dealkylation sites (tertiary alicyclic amines) is 1. The van der Waals surface area contributed by atoms with Gasteiger partial charge in [-0.3, -0.25) is 9.59 Å². The fraction of sp³-hybridized carbons (Fsp3) is 0.400. The molecule has 2 atom stereocenters. The molecule has 112 valence electrons. The molecule has 0 bridgehead atoms. The van der Waals surface area contributed by atoms with Crippen molar-refractivity contribution in [2.24, 2.45) is 0 Å². The maximum atomic E-state index is 12.3. The molecule has 1 saturated heterocycles. The molecular formula is C15H18N2O4. The van der Waals surface area contributed by atoms with E-state index in [1.165, 1.54) is 11.8 Å². The highest BCUT2D eigenvalue weighted by Crippen LogP contribution is 2.19. The molecule has 21 heavy (non-hydrogen) atoms. The summed E-state index contributed by atoms with van der Waals surface area (Å²) in [6.45, 7) is 1.95. The molecule has 0 aliphatic carbocycles. The number of nitrogens with zero attached hydrogens (tertiary/aromatic N) is 1. The molecule has 1 aromatic carbocycles. The Bertz CT molecular complexity index is 544. The lowest BCUT2D eigenvalue weighted by molar-refractivity contribution is -0.143. The van der Waals surface area contributed by atoms with E-state index in [9.17, 15) is 19.5 Å². The second-order valence-electron chi connectivity index (χ2n) is 5.06. The summed E-state index contributed by atoms with van der Waals surface area (Å²) in [5.74, 6) is -1.71. The van der Waals surface area contributed by atoms with Crippen LogP contribution in [0.4, 0.5) is 0 Å². The first-order chi connectivity index (χ1) is 10.0. The highest BCUT2D eigenvalue weighted by molar-refractivity contribution is 5.90. The molecule has 1 aliphatic rings. The van der Waals surface area contributed by atoms with Crippen LogP contribution in [0.5, 0.6) is 0 Å². The summed E-state index contributed by atoms with van der Waals surface area (Å²) in [4.78, 5) is 36.6.